The van der Waals surface area contributed by atoms with Gasteiger partial charge in [-0.3, -0.25) is 0 Å². The molecule has 4 nitrogen and oxygen atoms in total. The smallest absolute Gasteiger partial charge is 0.232 e. The summed E-state index contributed by atoms with van der Waals surface area (Å²) in [5.41, 5.74) is 10.6. The van der Waals surface area contributed by atoms with E-state index in [9.17, 15) is 0 Å². The Balaban J connectivity index is 1.62. The standard InChI is InChI=1S/C29H36N4/c1-6-32(27-20(3)17-19(2)18-21(27)4)29-30-22(5)24-12-9-10-16-33(28(24)31-29)26-15-14-23-11-7-8-13-25(23)26/h7-8,11,13,17-18,26H,6,9-10,12,14-16H2,1-5H3. The zero-order valence-electron chi connectivity index (χ0n) is 20.8. The van der Waals surface area contributed by atoms with Crippen molar-refractivity contribution in [1.29, 1.82) is 0 Å². The molecule has 0 fully saturated rings. The lowest BCUT2D eigenvalue weighted by molar-refractivity contribution is 0.594. The van der Waals surface area contributed by atoms with Crippen LogP contribution in [0.25, 0.3) is 0 Å². The van der Waals surface area contributed by atoms with Crippen LogP contribution in [0.3, 0.4) is 0 Å². The maximum Gasteiger partial charge on any atom is 0.232 e. The molecule has 2 heterocycles. The summed E-state index contributed by atoms with van der Waals surface area (Å²) < 4.78 is 0. The first-order chi connectivity index (χ1) is 16.0. The number of nitrogens with zero attached hydrogens (tertiary/aromatic N) is 4. The Morgan fingerprint density at radius 2 is 1.73 bits per heavy atom. The highest BCUT2D eigenvalue weighted by Crippen LogP contribution is 2.42. The fourth-order valence-corrected chi connectivity index (χ4v) is 6.07. The average molecular weight is 441 g/mol. The minimum atomic E-state index is 0.415. The zero-order valence-corrected chi connectivity index (χ0v) is 20.8. The van der Waals surface area contributed by atoms with Crippen molar-refractivity contribution in [3.8, 4) is 0 Å². The predicted molar refractivity (Wildman–Crippen MR) is 138 cm³/mol. The summed E-state index contributed by atoms with van der Waals surface area (Å²) >= 11 is 0. The quantitative estimate of drug-likeness (QED) is 0.452. The second-order valence-electron chi connectivity index (χ2n) is 9.81. The van der Waals surface area contributed by atoms with Gasteiger partial charge in [-0.25, -0.2) is 4.98 Å². The molecule has 0 spiro atoms. The number of fused-ring (bicyclic) bond motifs is 2. The molecule has 2 aliphatic rings. The summed E-state index contributed by atoms with van der Waals surface area (Å²) in [6, 6.07) is 13.9. The Morgan fingerprint density at radius 3 is 2.48 bits per heavy atom. The van der Waals surface area contributed by atoms with Crippen molar-refractivity contribution >= 4 is 17.5 Å². The summed E-state index contributed by atoms with van der Waals surface area (Å²) in [5.74, 6) is 2.00. The van der Waals surface area contributed by atoms with E-state index < -0.39 is 0 Å². The average Bonchev–Trinajstić information content (AvgIpc) is 3.09. The highest BCUT2D eigenvalue weighted by molar-refractivity contribution is 5.68. The van der Waals surface area contributed by atoms with E-state index >= 15 is 0 Å². The SMILES string of the molecule is CCN(c1nc(C)c2c(n1)N(C1CCc3ccccc31)CCCC2)c1c(C)cc(C)cc1C. The van der Waals surface area contributed by atoms with Crippen LogP contribution in [0.4, 0.5) is 17.5 Å². The van der Waals surface area contributed by atoms with E-state index in [1.165, 1.54) is 58.3 Å². The molecule has 1 atom stereocenters. The summed E-state index contributed by atoms with van der Waals surface area (Å²) in [7, 11) is 0. The van der Waals surface area contributed by atoms with Crippen molar-refractivity contribution < 1.29 is 0 Å². The van der Waals surface area contributed by atoms with Crippen molar-refractivity contribution in [1.82, 2.24) is 9.97 Å². The second-order valence-corrected chi connectivity index (χ2v) is 9.81. The molecule has 172 valence electrons. The fourth-order valence-electron chi connectivity index (χ4n) is 6.07. The summed E-state index contributed by atoms with van der Waals surface area (Å²) in [5, 5.41) is 0. The Kier molecular flexibility index (Phi) is 5.86. The maximum atomic E-state index is 5.33. The molecule has 0 N–H and O–H groups in total. The van der Waals surface area contributed by atoms with Gasteiger partial charge in [0.15, 0.2) is 0 Å². The van der Waals surface area contributed by atoms with E-state index in [-0.39, 0.29) is 0 Å². The van der Waals surface area contributed by atoms with E-state index in [4.69, 9.17) is 9.97 Å². The van der Waals surface area contributed by atoms with E-state index in [2.05, 4.69) is 80.8 Å². The number of rotatable bonds is 4. The first kappa shape index (κ1) is 21.9. The van der Waals surface area contributed by atoms with Gasteiger partial charge in [0.2, 0.25) is 5.95 Å². The van der Waals surface area contributed by atoms with Gasteiger partial charge in [-0.2, -0.15) is 4.98 Å². The normalized spacial score (nSPS) is 17.5. The van der Waals surface area contributed by atoms with Gasteiger partial charge in [-0.05, 0) is 89.0 Å². The zero-order chi connectivity index (χ0) is 23.1. The lowest BCUT2D eigenvalue weighted by Crippen LogP contribution is -2.30. The molecule has 2 aromatic carbocycles. The fraction of sp³-hybridized carbons (Fsp3) is 0.448. The van der Waals surface area contributed by atoms with Crippen LogP contribution in [0, 0.1) is 27.7 Å². The molecule has 1 aromatic heterocycles. The van der Waals surface area contributed by atoms with Crippen LogP contribution in [0.5, 0.6) is 0 Å². The van der Waals surface area contributed by atoms with Crippen LogP contribution in [0.15, 0.2) is 36.4 Å². The van der Waals surface area contributed by atoms with Crippen LogP contribution in [-0.4, -0.2) is 23.1 Å². The van der Waals surface area contributed by atoms with Gasteiger partial charge < -0.3 is 9.80 Å². The van der Waals surface area contributed by atoms with E-state index in [1.54, 1.807) is 0 Å². The topological polar surface area (TPSA) is 32.3 Å². The van der Waals surface area contributed by atoms with Gasteiger partial charge in [-0.1, -0.05) is 42.0 Å². The lowest BCUT2D eigenvalue weighted by Gasteiger charge is -2.33. The third-order valence-electron chi connectivity index (χ3n) is 7.47. The number of anilines is 3. The van der Waals surface area contributed by atoms with E-state index in [1.807, 2.05) is 0 Å². The number of hydrogen-bond acceptors (Lipinski definition) is 4. The first-order valence-corrected chi connectivity index (χ1v) is 12.5. The molecular formula is C29H36N4. The number of aromatic nitrogens is 2. The molecule has 0 saturated heterocycles. The molecule has 0 bridgehead atoms. The van der Waals surface area contributed by atoms with Crippen LogP contribution in [-0.2, 0) is 12.8 Å². The molecular weight excluding hydrogens is 404 g/mol. The molecule has 0 amide bonds. The molecule has 3 aromatic rings. The molecule has 5 rings (SSSR count). The third-order valence-corrected chi connectivity index (χ3v) is 7.47. The van der Waals surface area contributed by atoms with Crippen LogP contribution in [0.2, 0.25) is 0 Å². The Bertz CT molecular complexity index is 1160. The van der Waals surface area contributed by atoms with Crippen molar-refractivity contribution in [3.05, 3.63) is 75.5 Å². The monoisotopic (exact) mass is 440 g/mol. The highest BCUT2D eigenvalue weighted by Gasteiger charge is 2.32. The molecule has 1 aliphatic heterocycles. The van der Waals surface area contributed by atoms with Crippen molar-refractivity contribution in [2.45, 2.75) is 72.8 Å². The van der Waals surface area contributed by atoms with Crippen LogP contribution < -0.4 is 9.80 Å². The molecule has 0 radical (unpaired) electrons. The number of benzene rings is 2. The summed E-state index contributed by atoms with van der Waals surface area (Å²) in [4.78, 5) is 15.3. The van der Waals surface area contributed by atoms with Gasteiger partial charge >= 0.3 is 0 Å². The van der Waals surface area contributed by atoms with Gasteiger partial charge in [-0.15, -0.1) is 0 Å². The minimum Gasteiger partial charge on any atom is -0.349 e. The molecule has 33 heavy (non-hydrogen) atoms. The summed E-state index contributed by atoms with van der Waals surface area (Å²) in [6.45, 7) is 12.9. The van der Waals surface area contributed by atoms with E-state index in [0.717, 1.165) is 43.4 Å². The summed E-state index contributed by atoms with van der Waals surface area (Å²) in [6.07, 6.45) is 5.81. The van der Waals surface area contributed by atoms with Gasteiger partial charge in [0, 0.05) is 30.0 Å². The van der Waals surface area contributed by atoms with Crippen LogP contribution >= 0.6 is 0 Å². The predicted octanol–water partition coefficient (Wildman–Crippen LogP) is 6.70. The van der Waals surface area contributed by atoms with Crippen LogP contribution in [0.1, 0.15) is 71.3 Å². The Morgan fingerprint density at radius 1 is 0.970 bits per heavy atom. The minimum absolute atomic E-state index is 0.415. The van der Waals surface area contributed by atoms with Gasteiger partial charge in [0.1, 0.15) is 5.82 Å². The first-order valence-electron chi connectivity index (χ1n) is 12.5. The highest BCUT2D eigenvalue weighted by atomic mass is 15.3. The number of aryl methyl sites for hydroxylation is 5. The number of hydrogen-bond donors (Lipinski definition) is 0. The van der Waals surface area contributed by atoms with E-state index in [0.29, 0.717) is 6.04 Å². The largest absolute Gasteiger partial charge is 0.349 e. The van der Waals surface area contributed by atoms with Crippen molar-refractivity contribution in [2.24, 2.45) is 0 Å². The second kappa shape index (κ2) is 8.81. The lowest BCUT2D eigenvalue weighted by atomic mass is 10.0. The molecule has 4 heteroatoms. The maximum absolute atomic E-state index is 5.33. The third kappa shape index (κ3) is 3.90. The van der Waals surface area contributed by atoms with Crippen molar-refractivity contribution in [3.63, 3.8) is 0 Å². The van der Waals surface area contributed by atoms with Gasteiger partial charge in [0.25, 0.3) is 0 Å². The Labute approximate surface area is 198 Å². The van der Waals surface area contributed by atoms with Gasteiger partial charge in [0.05, 0.1) is 6.04 Å². The Hall–Kier alpha value is -2.88. The molecule has 1 aliphatic carbocycles. The van der Waals surface area contributed by atoms with Crippen molar-refractivity contribution in [2.75, 3.05) is 22.9 Å². The molecule has 0 saturated carbocycles. The molecule has 1 unspecified atom stereocenters.